The quantitative estimate of drug-likeness (QED) is 0.465. The smallest absolute Gasteiger partial charge is 0.0486 e. The van der Waals surface area contributed by atoms with Gasteiger partial charge in [0.15, 0.2) is 0 Å². The maximum atomic E-state index is 7.50. The van der Waals surface area contributed by atoms with Crippen molar-refractivity contribution in [1.29, 1.82) is 5.41 Å². The summed E-state index contributed by atoms with van der Waals surface area (Å²) in [6, 6.07) is 6.77. The van der Waals surface area contributed by atoms with E-state index in [0.717, 1.165) is 44.5 Å². The lowest BCUT2D eigenvalue weighted by molar-refractivity contribution is 0.581. The van der Waals surface area contributed by atoms with E-state index in [1.165, 1.54) is 33.9 Å². The summed E-state index contributed by atoms with van der Waals surface area (Å²) in [6.45, 7) is 8.83. The van der Waals surface area contributed by atoms with E-state index in [4.69, 9.17) is 5.41 Å². The summed E-state index contributed by atoms with van der Waals surface area (Å²) < 4.78 is 2.49. The average molecular weight is 319 g/mol. The first-order valence-electron chi connectivity index (χ1n) is 8.63. The minimum absolute atomic E-state index is 0.867. The van der Waals surface area contributed by atoms with Crippen LogP contribution in [0.2, 0.25) is 0 Å². The van der Waals surface area contributed by atoms with Crippen molar-refractivity contribution in [2.45, 2.75) is 39.3 Å². The van der Waals surface area contributed by atoms with Crippen LogP contribution in [0.4, 0.5) is 0 Å². The predicted octanol–water partition coefficient (Wildman–Crippen LogP) is 4.29. The number of nitrogens with one attached hydrogen (secondary N) is 2. The molecule has 0 amide bonds. The van der Waals surface area contributed by atoms with Gasteiger partial charge in [0.05, 0.1) is 0 Å². The number of fused-ring (bicyclic) bond motifs is 3. The number of hydrogen-bond acceptors (Lipinski definition) is 2. The molecule has 3 rings (SSSR count). The highest BCUT2D eigenvalue weighted by Gasteiger charge is 2.19. The molecule has 0 saturated heterocycles. The third-order valence-electron chi connectivity index (χ3n) is 4.67. The highest BCUT2D eigenvalue weighted by molar-refractivity contribution is 5.86. The van der Waals surface area contributed by atoms with Gasteiger partial charge in [-0.2, -0.15) is 0 Å². The van der Waals surface area contributed by atoms with Crippen molar-refractivity contribution in [3.8, 4) is 0 Å². The Morgan fingerprint density at radius 3 is 3.12 bits per heavy atom. The zero-order chi connectivity index (χ0) is 16.9. The zero-order valence-corrected chi connectivity index (χ0v) is 14.4. The van der Waals surface area contributed by atoms with Crippen LogP contribution in [0.3, 0.4) is 0 Å². The normalized spacial score (nSPS) is 13.2. The molecule has 0 aliphatic carbocycles. The number of rotatable bonds is 6. The van der Waals surface area contributed by atoms with Crippen LogP contribution in [0, 0.1) is 12.3 Å². The summed E-state index contributed by atoms with van der Waals surface area (Å²) in [5.41, 5.74) is 9.66. The number of benzene rings is 1. The van der Waals surface area contributed by atoms with Crippen LogP contribution in [0.25, 0.3) is 10.9 Å². The predicted molar refractivity (Wildman–Crippen MR) is 102 cm³/mol. The van der Waals surface area contributed by atoms with Gasteiger partial charge in [-0.3, -0.25) is 0 Å². The number of aromatic nitrogens is 1. The molecule has 0 spiro atoms. The van der Waals surface area contributed by atoms with E-state index in [0.29, 0.717) is 0 Å². The molecule has 0 saturated carbocycles. The lowest BCUT2D eigenvalue weighted by atomic mass is 10.0. The van der Waals surface area contributed by atoms with Gasteiger partial charge in [-0.15, -0.1) is 5.73 Å². The first-order valence-corrected chi connectivity index (χ1v) is 8.63. The molecule has 2 heterocycles. The van der Waals surface area contributed by atoms with Crippen molar-refractivity contribution < 1.29 is 0 Å². The number of hydrogen-bond donors (Lipinski definition) is 2. The lowest BCUT2D eigenvalue weighted by Crippen LogP contribution is -2.24. The van der Waals surface area contributed by atoms with Crippen molar-refractivity contribution in [3.63, 3.8) is 0 Å². The average Bonchev–Trinajstić information content (AvgIpc) is 2.91. The van der Waals surface area contributed by atoms with Crippen molar-refractivity contribution in [2.24, 2.45) is 0 Å². The van der Waals surface area contributed by atoms with Gasteiger partial charge >= 0.3 is 0 Å². The summed E-state index contributed by atoms with van der Waals surface area (Å²) in [5.74, 6) is 0. The molecule has 1 aliphatic rings. The SMILES string of the molecule is C=CC=C=C(C=N)CCCn1c2c(c3cc(C)ccc31)CNCC2. The molecular weight excluding hydrogens is 294 g/mol. The van der Waals surface area contributed by atoms with E-state index in [-0.39, 0.29) is 0 Å². The lowest BCUT2D eigenvalue weighted by Gasteiger charge is -2.17. The summed E-state index contributed by atoms with van der Waals surface area (Å²) in [6.07, 6.45) is 7.85. The third kappa shape index (κ3) is 3.28. The summed E-state index contributed by atoms with van der Waals surface area (Å²) >= 11 is 0. The van der Waals surface area contributed by atoms with Gasteiger partial charge < -0.3 is 15.3 Å². The standard InChI is InChI=1S/C21H25N3/c1-3-4-6-17(14-22)7-5-12-24-20-9-8-16(2)13-18(20)19-15-23-11-10-21(19)24/h3-4,8-9,13-14,22-23H,1,5,7,10-12,15H2,2H3. The van der Waals surface area contributed by atoms with Crippen LogP contribution in [-0.2, 0) is 19.5 Å². The van der Waals surface area contributed by atoms with E-state index < -0.39 is 0 Å². The van der Waals surface area contributed by atoms with Gasteiger partial charge in [-0.05, 0) is 43.5 Å². The van der Waals surface area contributed by atoms with Crippen molar-refractivity contribution in [1.82, 2.24) is 9.88 Å². The molecular formula is C21H25N3. The fraction of sp³-hybridized carbons (Fsp3) is 0.333. The molecule has 2 N–H and O–H groups in total. The largest absolute Gasteiger partial charge is 0.344 e. The Morgan fingerprint density at radius 1 is 1.46 bits per heavy atom. The molecule has 1 aliphatic heterocycles. The van der Waals surface area contributed by atoms with E-state index in [1.807, 2.05) is 0 Å². The fourth-order valence-electron chi connectivity index (χ4n) is 3.53. The highest BCUT2D eigenvalue weighted by atomic mass is 15.0. The fourth-order valence-corrected chi connectivity index (χ4v) is 3.53. The number of aryl methyl sites for hydroxylation is 2. The first kappa shape index (κ1) is 16.5. The van der Waals surface area contributed by atoms with Crippen LogP contribution in [0.1, 0.15) is 29.7 Å². The Hall–Kier alpha value is -2.35. The zero-order valence-electron chi connectivity index (χ0n) is 14.4. The van der Waals surface area contributed by atoms with Gasteiger partial charge in [0.1, 0.15) is 0 Å². The Balaban J connectivity index is 1.88. The molecule has 1 aromatic heterocycles. The molecule has 124 valence electrons. The number of nitrogens with zero attached hydrogens (tertiary/aromatic N) is 1. The maximum absolute atomic E-state index is 7.50. The molecule has 0 fully saturated rings. The number of allylic oxidation sites excluding steroid dienone is 2. The summed E-state index contributed by atoms with van der Waals surface area (Å²) in [7, 11) is 0. The molecule has 0 unspecified atom stereocenters. The highest BCUT2D eigenvalue weighted by Crippen LogP contribution is 2.30. The van der Waals surface area contributed by atoms with Crippen LogP contribution >= 0.6 is 0 Å². The van der Waals surface area contributed by atoms with E-state index in [1.54, 1.807) is 12.2 Å². The first-order chi connectivity index (χ1) is 11.7. The van der Waals surface area contributed by atoms with Gasteiger partial charge in [0.25, 0.3) is 0 Å². The molecule has 1 aromatic carbocycles. The van der Waals surface area contributed by atoms with Gasteiger partial charge in [0, 0.05) is 54.4 Å². The third-order valence-corrected chi connectivity index (χ3v) is 4.67. The summed E-state index contributed by atoms with van der Waals surface area (Å²) in [5, 5.41) is 12.4. The molecule has 0 bridgehead atoms. The maximum Gasteiger partial charge on any atom is 0.0486 e. The monoisotopic (exact) mass is 319 g/mol. The van der Waals surface area contributed by atoms with Crippen LogP contribution < -0.4 is 5.32 Å². The Kier molecular flexibility index (Phi) is 5.14. The minimum atomic E-state index is 0.867. The van der Waals surface area contributed by atoms with Crippen molar-refractivity contribution in [2.75, 3.05) is 6.54 Å². The summed E-state index contributed by atoms with van der Waals surface area (Å²) in [4.78, 5) is 0. The van der Waals surface area contributed by atoms with Crippen molar-refractivity contribution >= 4 is 17.1 Å². The van der Waals surface area contributed by atoms with E-state index >= 15 is 0 Å². The van der Waals surface area contributed by atoms with Gasteiger partial charge in [-0.1, -0.05) is 24.3 Å². The second-order valence-electron chi connectivity index (χ2n) is 6.34. The minimum Gasteiger partial charge on any atom is -0.344 e. The van der Waals surface area contributed by atoms with Gasteiger partial charge in [0.2, 0.25) is 0 Å². The molecule has 3 nitrogen and oxygen atoms in total. The van der Waals surface area contributed by atoms with Crippen LogP contribution in [-0.4, -0.2) is 17.3 Å². The van der Waals surface area contributed by atoms with Crippen LogP contribution in [0.15, 0.2) is 48.2 Å². The Bertz CT molecular complexity index is 832. The topological polar surface area (TPSA) is 40.8 Å². The molecule has 0 radical (unpaired) electrons. The second-order valence-corrected chi connectivity index (χ2v) is 6.34. The second kappa shape index (κ2) is 7.48. The van der Waals surface area contributed by atoms with Crippen LogP contribution in [0.5, 0.6) is 0 Å². The van der Waals surface area contributed by atoms with Crippen molar-refractivity contribution in [3.05, 3.63) is 65.1 Å². The Morgan fingerprint density at radius 2 is 2.33 bits per heavy atom. The molecule has 24 heavy (non-hydrogen) atoms. The molecule has 3 heteroatoms. The van der Waals surface area contributed by atoms with Gasteiger partial charge in [-0.25, -0.2) is 0 Å². The Labute approximate surface area is 143 Å². The molecule has 2 aromatic rings. The van der Waals surface area contributed by atoms with E-state index in [2.05, 4.69) is 47.3 Å². The molecule has 0 atom stereocenters. The van der Waals surface area contributed by atoms with E-state index in [9.17, 15) is 0 Å².